The molecule has 0 spiro atoms. The van der Waals surface area contributed by atoms with Gasteiger partial charge in [-0.2, -0.15) is 0 Å². The summed E-state index contributed by atoms with van der Waals surface area (Å²) in [6.45, 7) is 4.69. The molecule has 1 fully saturated rings. The summed E-state index contributed by atoms with van der Waals surface area (Å²) in [4.78, 5) is 34.8. The van der Waals surface area contributed by atoms with Crippen molar-refractivity contribution >= 4 is 49.7 Å². The number of methoxy groups -OCH3 is 1. The number of H-pyrrole nitrogens is 1. The Morgan fingerprint density at radius 1 is 1.34 bits per heavy atom. The second-order valence-electron chi connectivity index (χ2n) is 8.68. The smallest absolute Gasteiger partial charge is 0.405 e. The van der Waals surface area contributed by atoms with E-state index in [1.807, 2.05) is 44.2 Å². The molecule has 2 amide bonds. The van der Waals surface area contributed by atoms with Crippen LogP contribution in [0, 0.1) is 11.8 Å². The first-order valence-corrected chi connectivity index (χ1v) is 11.4. The fourth-order valence-electron chi connectivity index (χ4n) is 4.56. The summed E-state index contributed by atoms with van der Waals surface area (Å²) < 4.78 is 6.36. The molecule has 0 bridgehead atoms. The summed E-state index contributed by atoms with van der Waals surface area (Å²) in [5.41, 5.74) is 1.76. The molecular weight excluding hydrogens is 476 g/mol. The number of carboxylic acid groups (broad SMARTS) is 1. The number of likely N-dealkylation sites (tertiary alicyclic amines) is 1. The van der Waals surface area contributed by atoms with Gasteiger partial charge in [-0.25, -0.2) is 9.78 Å². The lowest BCUT2D eigenvalue weighted by molar-refractivity contribution is -0.135. The maximum absolute atomic E-state index is 13.4. The van der Waals surface area contributed by atoms with Gasteiger partial charge in [0.1, 0.15) is 11.9 Å². The van der Waals surface area contributed by atoms with Crippen LogP contribution in [0.15, 0.2) is 34.8 Å². The van der Waals surface area contributed by atoms with E-state index in [0.29, 0.717) is 25.4 Å². The van der Waals surface area contributed by atoms with Gasteiger partial charge in [0.05, 0.1) is 23.7 Å². The normalized spacial score (nSPS) is 19.7. The van der Waals surface area contributed by atoms with E-state index in [2.05, 4.69) is 26.2 Å². The molecule has 3 atom stereocenters. The van der Waals surface area contributed by atoms with Crippen LogP contribution in [0.3, 0.4) is 0 Å². The van der Waals surface area contributed by atoms with Crippen LogP contribution in [0.5, 0.6) is 0 Å². The van der Waals surface area contributed by atoms with Gasteiger partial charge in [0.25, 0.3) is 0 Å². The Hall–Kier alpha value is -2.65. The lowest BCUT2D eigenvalue weighted by atomic mass is 10.0. The van der Waals surface area contributed by atoms with Crippen molar-refractivity contribution < 1.29 is 19.4 Å². The number of benzene rings is 2. The van der Waals surface area contributed by atoms with Gasteiger partial charge in [-0.05, 0) is 35.9 Å². The highest BCUT2D eigenvalue weighted by atomic mass is 79.9. The molecule has 1 saturated heterocycles. The number of carbonyl (C=O) groups excluding carboxylic acids is 1. The van der Waals surface area contributed by atoms with Crippen molar-refractivity contribution in [1.82, 2.24) is 20.2 Å². The van der Waals surface area contributed by atoms with Crippen molar-refractivity contribution in [1.29, 1.82) is 0 Å². The fourth-order valence-corrected chi connectivity index (χ4v) is 4.94. The van der Waals surface area contributed by atoms with Crippen LogP contribution in [0.2, 0.25) is 0 Å². The van der Waals surface area contributed by atoms with E-state index in [9.17, 15) is 14.7 Å². The fraction of sp³-hybridized carbons (Fsp3) is 0.435. The maximum Gasteiger partial charge on any atom is 0.405 e. The van der Waals surface area contributed by atoms with Crippen LogP contribution in [-0.4, -0.2) is 58.3 Å². The largest absolute Gasteiger partial charge is 0.465 e. The number of fused-ring (bicyclic) bond motifs is 3. The minimum atomic E-state index is -1.21. The van der Waals surface area contributed by atoms with E-state index in [1.165, 1.54) is 0 Å². The van der Waals surface area contributed by atoms with Crippen LogP contribution in [-0.2, 0) is 9.53 Å². The van der Waals surface area contributed by atoms with E-state index in [1.54, 1.807) is 12.0 Å². The third-order valence-corrected chi connectivity index (χ3v) is 6.54. The number of carbonyl (C=O) groups is 2. The summed E-state index contributed by atoms with van der Waals surface area (Å²) >= 11 is 3.51. The van der Waals surface area contributed by atoms with E-state index >= 15 is 0 Å². The zero-order valence-electron chi connectivity index (χ0n) is 18.3. The SMILES string of the molecule is COC[C@H]1C[C@@H](c2nc3c(ccc4cc(Br)ccc43)[nH]2)N(C(=O)C(NC(=O)O)C(C)C)C1. The summed E-state index contributed by atoms with van der Waals surface area (Å²) in [5, 5.41) is 13.7. The quantitative estimate of drug-likeness (QED) is 0.465. The van der Waals surface area contributed by atoms with Crippen LogP contribution < -0.4 is 5.32 Å². The molecule has 0 saturated carbocycles. The molecule has 1 aliphatic heterocycles. The van der Waals surface area contributed by atoms with Crippen LogP contribution in [0.4, 0.5) is 4.79 Å². The van der Waals surface area contributed by atoms with E-state index in [4.69, 9.17) is 9.72 Å². The number of hydrogen-bond donors (Lipinski definition) is 3. The summed E-state index contributed by atoms with van der Waals surface area (Å²) in [5.74, 6) is 0.437. The van der Waals surface area contributed by atoms with Crippen LogP contribution >= 0.6 is 15.9 Å². The molecule has 2 aromatic carbocycles. The van der Waals surface area contributed by atoms with Gasteiger partial charge in [0.15, 0.2) is 0 Å². The highest BCUT2D eigenvalue weighted by Gasteiger charge is 2.41. The van der Waals surface area contributed by atoms with Gasteiger partial charge in [-0.3, -0.25) is 4.79 Å². The molecule has 1 aromatic heterocycles. The zero-order chi connectivity index (χ0) is 23.0. The van der Waals surface area contributed by atoms with Gasteiger partial charge in [0.2, 0.25) is 5.91 Å². The van der Waals surface area contributed by atoms with Crippen molar-refractivity contribution in [2.45, 2.75) is 32.4 Å². The Bertz CT molecular complexity index is 1160. The van der Waals surface area contributed by atoms with E-state index in [-0.39, 0.29) is 23.8 Å². The Kier molecular flexibility index (Phi) is 6.39. The number of rotatable bonds is 6. The first-order chi connectivity index (χ1) is 15.3. The molecular formula is C23H27BrN4O4. The van der Waals surface area contributed by atoms with Gasteiger partial charge in [-0.15, -0.1) is 0 Å². The van der Waals surface area contributed by atoms with Crippen molar-refractivity contribution in [3.8, 4) is 0 Å². The van der Waals surface area contributed by atoms with Gasteiger partial charge in [-0.1, -0.05) is 41.9 Å². The third kappa shape index (κ3) is 4.31. The van der Waals surface area contributed by atoms with Crippen LogP contribution in [0.1, 0.15) is 32.1 Å². The molecule has 1 unspecified atom stereocenters. The lowest BCUT2D eigenvalue weighted by Crippen LogP contribution is -2.51. The summed E-state index contributed by atoms with van der Waals surface area (Å²) in [6.07, 6.45) is -0.511. The Labute approximate surface area is 194 Å². The number of aromatic nitrogens is 2. The highest BCUT2D eigenvalue weighted by Crippen LogP contribution is 2.37. The standard InChI is InChI=1S/C23H27BrN4O4/c1-12(2)19(27-23(30)31)22(29)28-10-13(11-32-3)8-18(28)21-25-17-7-4-14-9-15(24)5-6-16(14)20(17)26-21/h4-7,9,12-13,18-19,27H,8,10-11H2,1-3H3,(H,25,26)(H,30,31)/t13-,18-,19?/m0/s1. The van der Waals surface area contributed by atoms with Crippen LogP contribution in [0.25, 0.3) is 21.8 Å². The topological polar surface area (TPSA) is 108 Å². The first-order valence-electron chi connectivity index (χ1n) is 10.6. The minimum absolute atomic E-state index is 0.146. The van der Waals surface area contributed by atoms with Crippen molar-refractivity contribution in [3.63, 3.8) is 0 Å². The number of imidazole rings is 1. The second-order valence-corrected chi connectivity index (χ2v) is 9.60. The van der Waals surface area contributed by atoms with Gasteiger partial charge in [0, 0.05) is 29.4 Å². The molecule has 0 aliphatic carbocycles. The number of hydrogen-bond acceptors (Lipinski definition) is 4. The molecule has 0 radical (unpaired) electrons. The monoisotopic (exact) mass is 502 g/mol. The molecule has 32 heavy (non-hydrogen) atoms. The number of ether oxygens (including phenoxy) is 1. The number of nitrogens with zero attached hydrogens (tertiary/aromatic N) is 2. The van der Waals surface area contributed by atoms with Gasteiger partial charge >= 0.3 is 6.09 Å². The van der Waals surface area contributed by atoms with Crippen molar-refractivity contribution in [2.75, 3.05) is 20.3 Å². The lowest BCUT2D eigenvalue weighted by Gasteiger charge is -2.29. The van der Waals surface area contributed by atoms with Crippen molar-refractivity contribution in [3.05, 3.63) is 40.6 Å². The van der Waals surface area contributed by atoms with Gasteiger partial charge < -0.3 is 25.0 Å². The Balaban J connectivity index is 1.73. The van der Waals surface area contributed by atoms with E-state index in [0.717, 1.165) is 26.3 Å². The van der Waals surface area contributed by atoms with Crippen molar-refractivity contribution in [2.24, 2.45) is 11.8 Å². The summed E-state index contributed by atoms with van der Waals surface area (Å²) in [6, 6.07) is 9.01. The molecule has 170 valence electrons. The first kappa shape index (κ1) is 22.5. The Morgan fingerprint density at radius 2 is 2.12 bits per heavy atom. The molecule has 1 aliphatic rings. The molecule has 3 N–H and O–H groups in total. The molecule has 2 heterocycles. The average Bonchev–Trinajstić information content (AvgIpc) is 3.35. The number of halogens is 1. The zero-order valence-corrected chi connectivity index (χ0v) is 19.8. The molecule has 9 heteroatoms. The maximum atomic E-state index is 13.4. The molecule has 3 aromatic rings. The summed E-state index contributed by atoms with van der Waals surface area (Å²) in [7, 11) is 1.65. The van der Waals surface area contributed by atoms with E-state index < -0.39 is 12.1 Å². The predicted octanol–water partition coefficient (Wildman–Crippen LogP) is 4.31. The molecule has 8 nitrogen and oxygen atoms in total. The third-order valence-electron chi connectivity index (χ3n) is 6.05. The average molecular weight is 503 g/mol. The highest BCUT2D eigenvalue weighted by molar-refractivity contribution is 9.10. The number of aromatic amines is 1. The second kappa shape index (κ2) is 9.07. The molecule has 4 rings (SSSR count). The minimum Gasteiger partial charge on any atom is -0.465 e. The Morgan fingerprint density at radius 3 is 2.81 bits per heavy atom. The predicted molar refractivity (Wildman–Crippen MR) is 126 cm³/mol. The number of nitrogens with one attached hydrogen (secondary N) is 2. The number of amides is 2.